The lowest BCUT2D eigenvalue weighted by atomic mass is 10.2. The summed E-state index contributed by atoms with van der Waals surface area (Å²) in [5.74, 6) is 1.24. The van der Waals surface area contributed by atoms with Crippen LogP contribution in [0.2, 0.25) is 0 Å². The van der Waals surface area contributed by atoms with Gasteiger partial charge in [0.25, 0.3) is 0 Å². The van der Waals surface area contributed by atoms with Crippen LogP contribution < -0.4 is 0 Å². The zero-order valence-corrected chi connectivity index (χ0v) is 15.5. The molecule has 3 heterocycles. The number of ether oxygens (including phenoxy) is 1. The first-order valence-electron chi connectivity index (χ1n) is 8.64. The molecule has 140 valence electrons. The highest BCUT2D eigenvalue weighted by Crippen LogP contribution is 2.21. The van der Waals surface area contributed by atoms with Gasteiger partial charge in [-0.05, 0) is 24.3 Å². The molecule has 1 aliphatic heterocycles. The maximum atomic E-state index is 12.4. The molecule has 26 heavy (non-hydrogen) atoms. The molecular weight excluding hydrogens is 356 g/mol. The summed E-state index contributed by atoms with van der Waals surface area (Å²) < 4.78 is 10.00. The smallest absolute Gasteiger partial charge is 0.409 e. The van der Waals surface area contributed by atoms with Gasteiger partial charge in [0.05, 0.1) is 12.0 Å². The molecule has 2 aromatic heterocycles. The highest BCUT2D eigenvalue weighted by molar-refractivity contribution is 7.13. The second kappa shape index (κ2) is 8.79. The van der Waals surface area contributed by atoms with Crippen LogP contribution in [0.15, 0.2) is 22.0 Å². The van der Waals surface area contributed by atoms with Gasteiger partial charge in [-0.25, -0.2) is 4.79 Å². The molecule has 1 saturated heterocycles. The van der Waals surface area contributed by atoms with E-state index in [-0.39, 0.29) is 12.0 Å². The van der Waals surface area contributed by atoms with Crippen LogP contribution in [0.25, 0.3) is 10.7 Å². The number of carbonyl (C=O) groups excluding carboxylic acids is 2. The Morgan fingerprint density at radius 1 is 1.27 bits per heavy atom. The molecule has 0 saturated carbocycles. The van der Waals surface area contributed by atoms with Crippen molar-refractivity contribution in [1.29, 1.82) is 0 Å². The van der Waals surface area contributed by atoms with Gasteiger partial charge in [0.15, 0.2) is 0 Å². The first-order chi connectivity index (χ1) is 12.7. The minimum atomic E-state index is -0.336. The molecule has 0 aromatic carbocycles. The van der Waals surface area contributed by atoms with Crippen molar-refractivity contribution < 1.29 is 18.8 Å². The fraction of sp³-hybridized carbons (Fsp3) is 0.529. The van der Waals surface area contributed by atoms with Gasteiger partial charge in [0.1, 0.15) is 0 Å². The summed E-state index contributed by atoms with van der Waals surface area (Å²) in [4.78, 5) is 32.8. The molecule has 8 nitrogen and oxygen atoms in total. The molecular formula is C17H22N4O4S. The van der Waals surface area contributed by atoms with Crippen molar-refractivity contribution in [3.8, 4) is 10.7 Å². The van der Waals surface area contributed by atoms with Gasteiger partial charge < -0.3 is 19.1 Å². The van der Waals surface area contributed by atoms with E-state index in [1.165, 1.54) is 7.11 Å². The van der Waals surface area contributed by atoms with E-state index >= 15 is 0 Å². The van der Waals surface area contributed by atoms with Crippen molar-refractivity contribution in [1.82, 2.24) is 19.9 Å². The molecule has 2 aromatic rings. The van der Waals surface area contributed by atoms with E-state index in [0.717, 1.165) is 11.3 Å². The van der Waals surface area contributed by atoms with Crippen molar-refractivity contribution in [2.45, 2.75) is 25.7 Å². The van der Waals surface area contributed by atoms with E-state index < -0.39 is 0 Å². The molecule has 9 heteroatoms. The van der Waals surface area contributed by atoms with Gasteiger partial charge in [-0.1, -0.05) is 11.2 Å². The lowest BCUT2D eigenvalue weighted by Crippen LogP contribution is -2.37. The highest BCUT2D eigenvalue weighted by atomic mass is 32.1. The van der Waals surface area contributed by atoms with E-state index in [2.05, 4.69) is 10.1 Å². The van der Waals surface area contributed by atoms with Crippen molar-refractivity contribution in [3.05, 3.63) is 23.4 Å². The Balaban J connectivity index is 1.43. The lowest BCUT2D eigenvalue weighted by Gasteiger charge is -2.21. The number of aromatic nitrogens is 2. The molecule has 0 unspecified atom stereocenters. The number of nitrogens with zero attached hydrogens (tertiary/aromatic N) is 4. The Morgan fingerprint density at radius 2 is 2.08 bits per heavy atom. The molecule has 0 N–H and O–H groups in total. The van der Waals surface area contributed by atoms with Gasteiger partial charge in [-0.3, -0.25) is 4.79 Å². The Morgan fingerprint density at radius 3 is 2.85 bits per heavy atom. The standard InChI is InChI=1S/C17H22N4O4S/c1-24-17(23)21-9-4-8-20(10-11-21)15(22)7-2-6-14-18-16(19-25-14)13-5-3-12-26-13/h3,5,12H,2,4,6-11H2,1H3. The van der Waals surface area contributed by atoms with Gasteiger partial charge >= 0.3 is 6.09 Å². The first-order valence-corrected chi connectivity index (χ1v) is 9.52. The van der Waals surface area contributed by atoms with Crippen LogP contribution in [0.4, 0.5) is 4.79 Å². The van der Waals surface area contributed by atoms with Crippen LogP contribution in [-0.2, 0) is 16.0 Å². The summed E-state index contributed by atoms with van der Waals surface area (Å²) in [6.45, 7) is 2.32. The van der Waals surface area contributed by atoms with Gasteiger partial charge in [-0.15, -0.1) is 11.3 Å². The van der Waals surface area contributed by atoms with E-state index in [0.29, 0.717) is 57.2 Å². The predicted octanol–water partition coefficient (Wildman–Crippen LogP) is 2.42. The van der Waals surface area contributed by atoms with Crippen molar-refractivity contribution >= 4 is 23.3 Å². The number of amides is 2. The molecule has 0 bridgehead atoms. The van der Waals surface area contributed by atoms with Crippen LogP contribution in [-0.4, -0.2) is 65.2 Å². The average molecular weight is 378 g/mol. The summed E-state index contributed by atoms with van der Waals surface area (Å²) in [5, 5.41) is 5.94. The fourth-order valence-corrected chi connectivity index (χ4v) is 3.54. The largest absolute Gasteiger partial charge is 0.453 e. The first kappa shape index (κ1) is 18.4. The average Bonchev–Trinajstić information content (AvgIpc) is 3.28. The fourth-order valence-electron chi connectivity index (χ4n) is 2.89. The van der Waals surface area contributed by atoms with E-state index in [4.69, 9.17) is 9.26 Å². The van der Waals surface area contributed by atoms with Crippen LogP contribution in [0.1, 0.15) is 25.2 Å². The van der Waals surface area contributed by atoms with Crippen LogP contribution >= 0.6 is 11.3 Å². The molecule has 0 radical (unpaired) electrons. The third kappa shape index (κ3) is 4.60. The number of aryl methyl sites for hydroxylation is 1. The van der Waals surface area contributed by atoms with Crippen molar-refractivity contribution in [3.63, 3.8) is 0 Å². The van der Waals surface area contributed by atoms with Crippen LogP contribution in [0.3, 0.4) is 0 Å². The molecule has 2 amide bonds. The number of hydrogen-bond acceptors (Lipinski definition) is 7. The third-order valence-corrected chi connectivity index (χ3v) is 5.14. The Hall–Kier alpha value is -2.42. The van der Waals surface area contributed by atoms with Gasteiger partial charge in [0.2, 0.25) is 17.6 Å². The number of methoxy groups -OCH3 is 1. The quantitative estimate of drug-likeness (QED) is 0.794. The Kier molecular flexibility index (Phi) is 6.21. The van der Waals surface area contributed by atoms with Gasteiger partial charge in [-0.2, -0.15) is 4.98 Å². The van der Waals surface area contributed by atoms with Crippen molar-refractivity contribution in [2.24, 2.45) is 0 Å². The lowest BCUT2D eigenvalue weighted by molar-refractivity contribution is -0.131. The van der Waals surface area contributed by atoms with Crippen LogP contribution in [0, 0.1) is 0 Å². The van der Waals surface area contributed by atoms with Crippen molar-refractivity contribution in [2.75, 3.05) is 33.3 Å². The summed E-state index contributed by atoms with van der Waals surface area (Å²) in [5.41, 5.74) is 0. The predicted molar refractivity (Wildman–Crippen MR) is 95.7 cm³/mol. The SMILES string of the molecule is COC(=O)N1CCCN(C(=O)CCCc2nc(-c3cccs3)no2)CC1. The van der Waals surface area contributed by atoms with E-state index in [1.54, 1.807) is 16.2 Å². The third-order valence-electron chi connectivity index (χ3n) is 4.27. The molecule has 0 spiro atoms. The minimum absolute atomic E-state index is 0.0923. The normalized spacial score (nSPS) is 15.0. The number of rotatable bonds is 5. The number of hydrogen-bond donors (Lipinski definition) is 0. The second-order valence-corrected chi connectivity index (χ2v) is 6.98. The number of carbonyl (C=O) groups is 2. The maximum Gasteiger partial charge on any atom is 0.409 e. The second-order valence-electron chi connectivity index (χ2n) is 6.03. The molecule has 1 aliphatic rings. The zero-order chi connectivity index (χ0) is 18.4. The molecule has 0 aliphatic carbocycles. The van der Waals surface area contributed by atoms with E-state index in [9.17, 15) is 9.59 Å². The summed E-state index contributed by atoms with van der Waals surface area (Å²) in [6, 6.07) is 3.89. The maximum absolute atomic E-state index is 12.4. The minimum Gasteiger partial charge on any atom is -0.453 e. The Bertz CT molecular complexity index is 731. The zero-order valence-electron chi connectivity index (χ0n) is 14.7. The highest BCUT2D eigenvalue weighted by Gasteiger charge is 2.22. The summed E-state index contributed by atoms with van der Waals surface area (Å²) in [6.07, 6.45) is 2.08. The van der Waals surface area contributed by atoms with E-state index in [1.807, 2.05) is 22.4 Å². The summed E-state index contributed by atoms with van der Waals surface area (Å²) in [7, 11) is 1.37. The molecule has 0 atom stereocenters. The topological polar surface area (TPSA) is 88.8 Å². The molecule has 3 rings (SSSR count). The van der Waals surface area contributed by atoms with Gasteiger partial charge in [0, 0.05) is 39.0 Å². The molecule has 1 fully saturated rings. The Labute approximate surface area is 155 Å². The monoisotopic (exact) mass is 378 g/mol. The summed E-state index contributed by atoms with van der Waals surface area (Å²) >= 11 is 1.56. The number of thiophene rings is 1. The van der Waals surface area contributed by atoms with Crippen LogP contribution in [0.5, 0.6) is 0 Å².